The van der Waals surface area contributed by atoms with Gasteiger partial charge in [-0.05, 0) is 95.9 Å². The highest BCUT2D eigenvalue weighted by Crippen LogP contribution is 2.39. The molecule has 0 radical (unpaired) electrons. The predicted molar refractivity (Wildman–Crippen MR) is 145 cm³/mol. The van der Waals surface area contributed by atoms with E-state index in [1.54, 1.807) is 30.3 Å². The number of anilines is 1. The van der Waals surface area contributed by atoms with Gasteiger partial charge in [-0.15, -0.1) is 0 Å². The third-order valence-corrected chi connectivity index (χ3v) is 7.43. The minimum atomic E-state index is -0.329. The maximum atomic E-state index is 12.9. The van der Waals surface area contributed by atoms with Crippen LogP contribution in [0.3, 0.4) is 0 Å². The zero-order valence-electron chi connectivity index (χ0n) is 17.7. The number of carbonyl (C=O) groups excluding carboxylic acids is 2. The molecule has 0 unspecified atom stereocenters. The third-order valence-electron chi connectivity index (χ3n) is 5.38. The van der Waals surface area contributed by atoms with Crippen LogP contribution in [0, 0.1) is 0 Å². The highest BCUT2D eigenvalue weighted by atomic mass is 79.9. The van der Waals surface area contributed by atoms with E-state index in [0.29, 0.717) is 22.9 Å². The number of hydrogen-bond donors (Lipinski definition) is 0. The average molecular weight is 595 g/mol. The van der Waals surface area contributed by atoms with Crippen LogP contribution in [0.4, 0.5) is 10.5 Å². The minimum Gasteiger partial charge on any atom is -0.487 e. The van der Waals surface area contributed by atoms with Crippen molar-refractivity contribution in [3.63, 3.8) is 0 Å². The topological polar surface area (TPSA) is 46.6 Å². The largest absolute Gasteiger partial charge is 0.487 e. The predicted octanol–water partition coefficient (Wildman–Crippen LogP) is 8.18. The van der Waals surface area contributed by atoms with Crippen LogP contribution in [0.15, 0.2) is 98.8 Å². The van der Waals surface area contributed by atoms with E-state index >= 15 is 0 Å². The summed E-state index contributed by atoms with van der Waals surface area (Å²) in [5.41, 5.74) is 2.43. The summed E-state index contributed by atoms with van der Waals surface area (Å²) in [5.74, 6) is 0.340. The summed E-state index contributed by atoms with van der Waals surface area (Å²) in [6, 6.07) is 27.1. The molecule has 2 amide bonds. The highest BCUT2D eigenvalue weighted by Gasteiger charge is 2.36. The van der Waals surface area contributed by atoms with Gasteiger partial charge in [0.15, 0.2) is 0 Å². The monoisotopic (exact) mass is 593 g/mol. The minimum absolute atomic E-state index is 0.310. The van der Waals surface area contributed by atoms with Crippen LogP contribution < -0.4 is 9.64 Å². The summed E-state index contributed by atoms with van der Waals surface area (Å²) in [5, 5.41) is 2.01. The van der Waals surface area contributed by atoms with Crippen LogP contribution in [0.2, 0.25) is 0 Å². The van der Waals surface area contributed by atoms with Gasteiger partial charge >= 0.3 is 0 Å². The van der Waals surface area contributed by atoms with E-state index in [1.807, 2.05) is 36.4 Å². The number of rotatable bonds is 5. The van der Waals surface area contributed by atoms with Crippen molar-refractivity contribution in [1.82, 2.24) is 0 Å². The Kier molecular flexibility index (Phi) is 6.59. The van der Waals surface area contributed by atoms with Gasteiger partial charge in [-0.25, -0.2) is 4.90 Å². The van der Waals surface area contributed by atoms with Crippen LogP contribution in [-0.4, -0.2) is 11.1 Å². The maximum Gasteiger partial charge on any atom is 0.298 e. The molecule has 5 rings (SSSR count). The molecule has 0 aliphatic carbocycles. The second kappa shape index (κ2) is 9.78. The Morgan fingerprint density at radius 1 is 0.853 bits per heavy atom. The van der Waals surface area contributed by atoms with Crippen LogP contribution in [0.25, 0.3) is 16.8 Å². The van der Waals surface area contributed by atoms with Crippen LogP contribution in [-0.2, 0) is 11.4 Å². The van der Waals surface area contributed by atoms with Crippen molar-refractivity contribution in [2.24, 2.45) is 0 Å². The molecule has 1 saturated heterocycles. The van der Waals surface area contributed by atoms with E-state index in [9.17, 15) is 9.59 Å². The van der Waals surface area contributed by atoms with Gasteiger partial charge < -0.3 is 4.74 Å². The third kappa shape index (κ3) is 4.56. The number of fused-ring (bicyclic) bond motifs is 1. The van der Waals surface area contributed by atoms with Crippen molar-refractivity contribution in [2.45, 2.75) is 6.61 Å². The summed E-state index contributed by atoms with van der Waals surface area (Å²) < 4.78 is 7.64. The summed E-state index contributed by atoms with van der Waals surface area (Å²) in [6.45, 7) is 0.411. The first kappa shape index (κ1) is 22.9. The second-order valence-electron chi connectivity index (χ2n) is 7.59. The van der Waals surface area contributed by atoms with E-state index in [-0.39, 0.29) is 11.1 Å². The van der Waals surface area contributed by atoms with Gasteiger partial charge in [0.2, 0.25) is 0 Å². The molecule has 168 valence electrons. The van der Waals surface area contributed by atoms with Gasteiger partial charge in [0.05, 0.1) is 19.5 Å². The average Bonchev–Trinajstić information content (AvgIpc) is 3.11. The SMILES string of the molecule is O=C1S/C(=C/c2cc(Br)c(OCc3cccc4ccccc34)c(Br)c2)C(=O)N1c1ccccc1. The molecule has 4 nitrogen and oxygen atoms in total. The lowest BCUT2D eigenvalue weighted by Crippen LogP contribution is -2.27. The molecular weight excluding hydrogens is 578 g/mol. The fraction of sp³-hybridized carbons (Fsp3) is 0.0370. The van der Waals surface area contributed by atoms with Gasteiger partial charge in [0.1, 0.15) is 12.4 Å². The Balaban J connectivity index is 1.38. The molecule has 34 heavy (non-hydrogen) atoms. The van der Waals surface area contributed by atoms with Crippen molar-refractivity contribution in [3.8, 4) is 5.75 Å². The second-order valence-corrected chi connectivity index (χ2v) is 10.3. The fourth-order valence-corrected chi connectivity index (χ4v) is 6.08. The summed E-state index contributed by atoms with van der Waals surface area (Å²) in [4.78, 5) is 26.9. The van der Waals surface area contributed by atoms with E-state index < -0.39 is 0 Å². The molecule has 4 aromatic carbocycles. The molecule has 1 aliphatic heterocycles. The molecule has 7 heteroatoms. The van der Waals surface area contributed by atoms with Gasteiger partial charge in [0, 0.05) is 0 Å². The first-order valence-corrected chi connectivity index (χ1v) is 12.8. The smallest absolute Gasteiger partial charge is 0.298 e. The van der Waals surface area contributed by atoms with Crippen molar-refractivity contribution >= 4 is 77.3 Å². The van der Waals surface area contributed by atoms with E-state index in [4.69, 9.17) is 4.74 Å². The molecule has 0 aromatic heterocycles. The molecule has 0 N–H and O–H groups in total. The van der Waals surface area contributed by atoms with Gasteiger partial charge in [-0.3, -0.25) is 9.59 Å². The van der Waals surface area contributed by atoms with Gasteiger partial charge in [0.25, 0.3) is 11.1 Å². The molecule has 1 aliphatic rings. The fourth-order valence-electron chi connectivity index (χ4n) is 3.79. The quantitative estimate of drug-likeness (QED) is 0.219. The van der Waals surface area contributed by atoms with E-state index in [2.05, 4.69) is 56.1 Å². The van der Waals surface area contributed by atoms with E-state index in [0.717, 1.165) is 37.2 Å². The standard InChI is InChI=1S/C27H17Br2NO3S/c28-22-13-17(15-24-26(31)30(27(32)34-24)20-10-2-1-3-11-20)14-23(29)25(22)33-16-19-9-6-8-18-7-4-5-12-21(18)19/h1-15H,16H2/b24-15+. The molecule has 1 fully saturated rings. The molecular formula is C27H17Br2NO3S. The lowest BCUT2D eigenvalue weighted by molar-refractivity contribution is -0.113. The Bertz CT molecular complexity index is 1420. The van der Waals surface area contributed by atoms with Crippen LogP contribution in [0.5, 0.6) is 5.75 Å². The zero-order chi connectivity index (χ0) is 23.7. The molecule has 0 saturated carbocycles. The van der Waals surface area contributed by atoms with Crippen molar-refractivity contribution in [2.75, 3.05) is 4.90 Å². The first-order valence-electron chi connectivity index (χ1n) is 10.4. The Morgan fingerprint density at radius 3 is 2.29 bits per heavy atom. The number of imide groups is 1. The maximum absolute atomic E-state index is 12.9. The number of thioether (sulfide) groups is 1. The first-order chi connectivity index (χ1) is 16.5. The molecule has 1 heterocycles. The van der Waals surface area contributed by atoms with Crippen molar-refractivity contribution < 1.29 is 14.3 Å². The number of hydrogen-bond acceptors (Lipinski definition) is 4. The highest BCUT2D eigenvalue weighted by molar-refractivity contribution is 9.11. The van der Waals surface area contributed by atoms with E-state index in [1.165, 1.54) is 10.3 Å². The Hall–Kier alpha value is -2.87. The summed E-state index contributed by atoms with van der Waals surface area (Å²) in [7, 11) is 0. The molecule has 0 bridgehead atoms. The van der Waals surface area contributed by atoms with Crippen molar-refractivity contribution in [1.29, 1.82) is 0 Å². The Morgan fingerprint density at radius 2 is 1.53 bits per heavy atom. The van der Waals surface area contributed by atoms with Gasteiger partial charge in [-0.2, -0.15) is 0 Å². The summed E-state index contributed by atoms with van der Waals surface area (Å²) in [6.07, 6.45) is 1.72. The number of benzene rings is 4. The number of nitrogens with zero attached hydrogens (tertiary/aromatic N) is 1. The van der Waals surface area contributed by atoms with Crippen LogP contribution in [0.1, 0.15) is 11.1 Å². The zero-order valence-corrected chi connectivity index (χ0v) is 21.7. The number of ether oxygens (including phenoxy) is 1. The molecule has 0 atom stereocenters. The lowest BCUT2D eigenvalue weighted by Gasteiger charge is -2.13. The number of carbonyl (C=O) groups is 2. The van der Waals surface area contributed by atoms with Gasteiger partial charge in [-0.1, -0.05) is 60.7 Å². The Labute approximate surface area is 217 Å². The molecule has 4 aromatic rings. The van der Waals surface area contributed by atoms with Crippen molar-refractivity contribution in [3.05, 3.63) is 110 Å². The number of amides is 2. The number of halogens is 2. The summed E-state index contributed by atoms with van der Waals surface area (Å²) >= 11 is 8.12. The lowest BCUT2D eigenvalue weighted by atomic mass is 10.1. The normalized spacial score (nSPS) is 14.9. The number of para-hydroxylation sites is 1. The van der Waals surface area contributed by atoms with Crippen LogP contribution >= 0.6 is 43.6 Å². The molecule has 0 spiro atoms.